The molecule has 1 amide bonds. The Morgan fingerprint density at radius 1 is 1.50 bits per heavy atom. The van der Waals surface area contributed by atoms with Gasteiger partial charge in [-0.1, -0.05) is 0 Å². The smallest absolute Gasteiger partial charge is 0.410 e. The average molecular weight is 229 g/mol. The Morgan fingerprint density at radius 2 is 2.12 bits per heavy atom. The van der Waals surface area contributed by atoms with Gasteiger partial charge >= 0.3 is 6.09 Å². The molecule has 0 saturated carbocycles. The second-order valence-corrected chi connectivity index (χ2v) is 4.87. The summed E-state index contributed by atoms with van der Waals surface area (Å²) < 4.78 is 10.3. The molecule has 92 valence electrons. The van der Waals surface area contributed by atoms with Crippen LogP contribution in [0.25, 0.3) is 0 Å². The molecule has 1 aliphatic rings. The van der Waals surface area contributed by atoms with E-state index in [4.69, 9.17) is 9.47 Å². The number of ether oxygens (including phenoxy) is 2. The van der Waals surface area contributed by atoms with Gasteiger partial charge < -0.3 is 9.47 Å². The third-order valence-electron chi connectivity index (χ3n) is 2.28. The molecule has 0 spiro atoms. The first-order valence-electron chi connectivity index (χ1n) is 5.41. The zero-order chi connectivity index (χ0) is 12.3. The van der Waals surface area contributed by atoms with Gasteiger partial charge in [0, 0.05) is 6.54 Å². The van der Waals surface area contributed by atoms with Crippen molar-refractivity contribution < 1.29 is 19.1 Å². The summed E-state index contributed by atoms with van der Waals surface area (Å²) in [6, 6.07) is -0.475. The summed E-state index contributed by atoms with van der Waals surface area (Å²) >= 11 is 0. The van der Waals surface area contributed by atoms with Gasteiger partial charge in [-0.05, 0) is 27.7 Å². The SMILES string of the molecule is CC1C(=O)COCCN1C(=O)OC(C)(C)C. The first-order valence-corrected chi connectivity index (χ1v) is 5.41. The molecule has 0 aromatic carbocycles. The molecule has 1 rings (SSSR count). The van der Waals surface area contributed by atoms with E-state index in [-0.39, 0.29) is 12.4 Å². The second kappa shape index (κ2) is 4.82. The minimum absolute atomic E-state index is 0.0699. The van der Waals surface area contributed by atoms with Gasteiger partial charge in [0.25, 0.3) is 0 Å². The highest BCUT2D eigenvalue weighted by molar-refractivity contribution is 5.88. The normalized spacial score (nSPS) is 22.9. The van der Waals surface area contributed by atoms with Gasteiger partial charge in [-0.25, -0.2) is 4.79 Å². The van der Waals surface area contributed by atoms with Gasteiger partial charge in [0.1, 0.15) is 12.2 Å². The highest BCUT2D eigenvalue weighted by Gasteiger charge is 2.31. The summed E-state index contributed by atoms with van der Waals surface area (Å²) in [6.45, 7) is 7.92. The summed E-state index contributed by atoms with van der Waals surface area (Å²) in [4.78, 5) is 24.8. The van der Waals surface area contributed by atoms with Crippen LogP contribution in [0.4, 0.5) is 4.79 Å². The Balaban J connectivity index is 2.69. The molecule has 1 aliphatic heterocycles. The fourth-order valence-electron chi connectivity index (χ4n) is 1.39. The predicted molar refractivity (Wildman–Crippen MR) is 58.2 cm³/mol. The molecule has 0 aromatic heterocycles. The van der Waals surface area contributed by atoms with Gasteiger partial charge in [0.05, 0.1) is 12.6 Å². The van der Waals surface area contributed by atoms with E-state index in [0.29, 0.717) is 13.2 Å². The molecular formula is C11H19NO4. The van der Waals surface area contributed by atoms with E-state index in [9.17, 15) is 9.59 Å². The van der Waals surface area contributed by atoms with E-state index in [1.54, 1.807) is 27.7 Å². The highest BCUT2D eigenvalue weighted by Crippen LogP contribution is 2.13. The third kappa shape index (κ3) is 3.48. The minimum Gasteiger partial charge on any atom is -0.444 e. The number of Topliss-reactive ketones (excluding diaryl/α,β-unsaturated/α-hetero) is 1. The maximum Gasteiger partial charge on any atom is 0.410 e. The van der Waals surface area contributed by atoms with Gasteiger partial charge in [0.15, 0.2) is 5.78 Å². The molecule has 0 radical (unpaired) electrons. The molecule has 0 bridgehead atoms. The van der Waals surface area contributed by atoms with Crippen LogP contribution < -0.4 is 0 Å². The number of hydrogen-bond donors (Lipinski definition) is 0. The van der Waals surface area contributed by atoms with Crippen LogP contribution in [0.3, 0.4) is 0 Å². The Kier molecular flexibility index (Phi) is 3.91. The lowest BCUT2D eigenvalue weighted by Gasteiger charge is -2.29. The zero-order valence-corrected chi connectivity index (χ0v) is 10.3. The van der Waals surface area contributed by atoms with Crippen molar-refractivity contribution in [3.05, 3.63) is 0 Å². The van der Waals surface area contributed by atoms with Gasteiger partial charge in [-0.15, -0.1) is 0 Å². The van der Waals surface area contributed by atoms with Crippen molar-refractivity contribution in [2.75, 3.05) is 19.8 Å². The lowest BCUT2D eigenvalue weighted by Crippen LogP contribution is -2.45. The Labute approximate surface area is 95.7 Å². The molecule has 0 aliphatic carbocycles. The zero-order valence-electron chi connectivity index (χ0n) is 10.3. The standard InChI is InChI=1S/C11H19NO4/c1-8-9(13)7-15-6-5-12(8)10(14)16-11(2,3)4/h8H,5-7H2,1-4H3. The van der Waals surface area contributed by atoms with E-state index in [2.05, 4.69) is 0 Å². The molecular weight excluding hydrogens is 210 g/mol. The second-order valence-electron chi connectivity index (χ2n) is 4.87. The van der Waals surface area contributed by atoms with Gasteiger partial charge in [-0.2, -0.15) is 0 Å². The van der Waals surface area contributed by atoms with E-state index >= 15 is 0 Å². The van der Waals surface area contributed by atoms with Crippen LogP contribution >= 0.6 is 0 Å². The number of hydrogen-bond acceptors (Lipinski definition) is 4. The number of carbonyl (C=O) groups excluding carboxylic acids is 2. The van der Waals surface area contributed by atoms with E-state index in [1.807, 2.05) is 0 Å². The maximum absolute atomic E-state index is 11.8. The van der Waals surface area contributed by atoms with Crippen molar-refractivity contribution in [1.82, 2.24) is 4.90 Å². The highest BCUT2D eigenvalue weighted by atomic mass is 16.6. The molecule has 1 atom stereocenters. The quantitative estimate of drug-likeness (QED) is 0.626. The van der Waals surface area contributed by atoms with Crippen molar-refractivity contribution in [3.8, 4) is 0 Å². The molecule has 16 heavy (non-hydrogen) atoms. The van der Waals surface area contributed by atoms with Crippen LogP contribution in [0.15, 0.2) is 0 Å². The van der Waals surface area contributed by atoms with Crippen LogP contribution in [-0.2, 0) is 14.3 Å². The fourth-order valence-corrected chi connectivity index (χ4v) is 1.39. The summed E-state index contributed by atoms with van der Waals surface area (Å²) in [7, 11) is 0. The molecule has 1 saturated heterocycles. The maximum atomic E-state index is 11.8. The van der Waals surface area contributed by atoms with E-state index < -0.39 is 17.7 Å². The van der Waals surface area contributed by atoms with Gasteiger partial charge in [0.2, 0.25) is 0 Å². The Bertz CT molecular complexity index is 282. The van der Waals surface area contributed by atoms with Crippen molar-refractivity contribution in [1.29, 1.82) is 0 Å². The molecule has 1 fully saturated rings. The minimum atomic E-state index is -0.549. The number of carbonyl (C=O) groups is 2. The number of amides is 1. The largest absolute Gasteiger partial charge is 0.444 e. The van der Waals surface area contributed by atoms with Crippen molar-refractivity contribution in [2.24, 2.45) is 0 Å². The van der Waals surface area contributed by atoms with Crippen molar-refractivity contribution >= 4 is 11.9 Å². The topological polar surface area (TPSA) is 55.8 Å². The van der Waals surface area contributed by atoms with Crippen LogP contribution in [0.5, 0.6) is 0 Å². The third-order valence-corrected chi connectivity index (χ3v) is 2.28. The summed E-state index contributed by atoms with van der Waals surface area (Å²) in [5.41, 5.74) is -0.549. The van der Waals surface area contributed by atoms with Crippen molar-refractivity contribution in [3.63, 3.8) is 0 Å². The predicted octanol–water partition coefficient (Wildman–Crippen LogP) is 1.21. The van der Waals surface area contributed by atoms with Crippen molar-refractivity contribution in [2.45, 2.75) is 39.3 Å². The van der Waals surface area contributed by atoms with Gasteiger partial charge in [-0.3, -0.25) is 9.69 Å². The lowest BCUT2D eigenvalue weighted by atomic mass is 10.2. The summed E-state index contributed by atoms with van der Waals surface area (Å²) in [5.74, 6) is -0.0941. The van der Waals surface area contributed by atoms with Crippen LogP contribution in [0.1, 0.15) is 27.7 Å². The molecule has 1 heterocycles. The number of rotatable bonds is 0. The molecule has 5 nitrogen and oxygen atoms in total. The van der Waals surface area contributed by atoms with Crippen LogP contribution in [0.2, 0.25) is 0 Å². The first kappa shape index (κ1) is 13.0. The van der Waals surface area contributed by atoms with Crippen LogP contribution in [-0.4, -0.2) is 48.2 Å². The Morgan fingerprint density at radius 3 is 2.69 bits per heavy atom. The average Bonchev–Trinajstić information content (AvgIpc) is 2.27. The lowest BCUT2D eigenvalue weighted by molar-refractivity contribution is -0.125. The van der Waals surface area contributed by atoms with E-state index in [0.717, 1.165) is 0 Å². The molecule has 0 N–H and O–H groups in total. The summed E-state index contributed by atoms with van der Waals surface area (Å²) in [6.07, 6.45) is -0.459. The number of ketones is 1. The summed E-state index contributed by atoms with van der Waals surface area (Å²) in [5, 5.41) is 0. The van der Waals surface area contributed by atoms with Crippen LogP contribution in [0, 0.1) is 0 Å². The molecule has 5 heteroatoms. The Hall–Kier alpha value is -1.10. The number of nitrogens with zero attached hydrogens (tertiary/aromatic N) is 1. The molecule has 0 aromatic rings. The fraction of sp³-hybridized carbons (Fsp3) is 0.818. The monoisotopic (exact) mass is 229 g/mol. The molecule has 1 unspecified atom stereocenters. The van der Waals surface area contributed by atoms with E-state index in [1.165, 1.54) is 4.90 Å². The first-order chi connectivity index (χ1) is 7.31.